The van der Waals surface area contributed by atoms with Crippen LogP contribution >= 0.6 is 0 Å². The summed E-state index contributed by atoms with van der Waals surface area (Å²) in [5, 5.41) is 7.08. The molecular formula is C22H39N5. The molecule has 0 radical (unpaired) electrons. The first-order valence-corrected chi connectivity index (χ1v) is 10.7. The monoisotopic (exact) mass is 373 g/mol. The molecule has 2 rings (SSSR count). The molecule has 5 nitrogen and oxygen atoms in total. The predicted octanol–water partition coefficient (Wildman–Crippen LogP) is 2.94. The van der Waals surface area contributed by atoms with E-state index >= 15 is 0 Å². The van der Waals surface area contributed by atoms with Crippen LogP contribution < -0.4 is 10.6 Å². The normalized spacial score (nSPS) is 17.9. The van der Waals surface area contributed by atoms with Gasteiger partial charge >= 0.3 is 0 Å². The second-order valence-electron chi connectivity index (χ2n) is 7.47. The number of rotatable bonds is 9. The summed E-state index contributed by atoms with van der Waals surface area (Å²) in [5.74, 6) is 0.970. The van der Waals surface area contributed by atoms with Gasteiger partial charge in [-0.2, -0.15) is 0 Å². The van der Waals surface area contributed by atoms with E-state index in [1.165, 1.54) is 18.4 Å². The van der Waals surface area contributed by atoms with Crippen LogP contribution in [-0.2, 0) is 6.54 Å². The first-order chi connectivity index (χ1) is 13.2. The zero-order valence-electron chi connectivity index (χ0n) is 17.7. The van der Waals surface area contributed by atoms with Crippen LogP contribution in [0.15, 0.2) is 35.3 Å². The Morgan fingerprint density at radius 3 is 2.41 bits per heavy atom. The van der Waals surface area contributed by atoms with Gasteiger partial charge in [0.25, 0.3) is 0 Å². The van der Waals surface area contributed by atoms with E-state index in [9.17, 15) is 0 Å². The van der Waals surface area contributed by atoms with Crippen molar-refractivity contribution >= 4 is 5.96 Å². The average Bonchev–Trinajstić information content (AvgIpc) is 2.69. The third kappa shape index (κ3) is 7.51. The molecule has 0 amide bonds. The van der Waals surface area contributed by atoms with Crippen molar-refractivity contribution in [3.63, 3.8) is 0 Å². The third-order valence-electron chi connectivity index (χ3n) is 5.47. The lowest BCUT2D eigenvalue weighted by atomic mass is 10.0. The van der Waals surface area contributed by atoms with Crippen LogP contribution in [-0.4, -0.2) is 67.1 Å². The second kappa shape index (κ2) is 12.0. The van der Waals surface area contributed by atoms with Gasteiger partial charge in [0, 0.05) is 38.3 Å². The van der Waals surface area contributed by atoms with Crippen molar-refractivity contribution in [1.29, 1.82) is 0 Å². The van der Waals surface area contributed by atoms with Crippen LogP contribution in [0.4, 0.5) is 0 Å². The maximum atomic E-state index is 4.85. The second-order valence-corrected chi connectivity index (χ2v) is 7.47. The Hall–Kier alpha value is -1.59. The van der Waals surface area contributed by atoms with Gasteiger partial charge in [0.2, 0.25) is 0 Å². The Labute approximate surface area is 166 Å². The number of aliphatic imine (C=N–C) groups is 1. The van der Waals surface area contributed by atoms with Gasteiger partial charge in [0.15, 0.2) is 5.96 Å². The van der Waals surface area contributed by atoms with Crippen LogP contribution in [0.1, 0.15) is 46.1 Å². The number of nitrogens with zero attached hydrogens (tertiary/aromatic N) is 3. The van der Waals surface area contributed by atoms with Crippen LogP contribution in [0.3, 0.4) is 0 Å². The smallest absolute Gasteiger partial charge is 0.191 e. The zero-order valence-corrected chi connectivity index (χ0v) is 17.7. The van der Waals surface area contributed by atoms with Crippen LogP contribution in [0, 0.1) is 0 Å². The number of likely N-dealkylation sites (tertiary alicyclic amines) is 1. The Morgan fingerprint density at radius 1 is 1.15 bits per heavy atom. The fraction of sp³-hybridized carbons (Fsp3) is 0.682. The molecule has 152 valence electrons. The number of hydrogen-bond donors (Lipinski definition) is 2. The molecule has 1 aromatic carbocycles. The summed E-state index contributed by atoms with van der Waals surface area (Å²) < 4.78 is 0. The Morgan fingerprint density at radius 2 is 1.81 bits per heavy atom. The Kier molecular flexibility index (Phi) is 9.64. The number of hydrogen-bond acceptors (Lipinski definition) is 3. The molecule has 0 spiro atoms. The fourth-order valence-corrected chi connectivity index (χ4v) is 3.78. The highest BCUT2D eigenvalue weighted by atomic mass is 15.2. The quantitative estimate of drug-likeness (QED) is 0.516. The lowest BCUT2D eigenvalue weighted by molar-refractivity contribution is 0.198. The van der Waals surface area contributed by atoms with E-state index < -0.39 is 0 Å². The highest BCUT2D eigenvalue weighted by Gasteiger charge is 2.20. The number of benzene rings is 1. The van der Waals surface area contributed by atoms with E-state index in [0.29, 0.717) is 12.1 Å². The summed E-state index contributed by atoms with van der Waals surface area (Å²) in [7, 11) is 0. The van der Waals surface area contributed by atoms with E-state index in [0.717, 1.165) is 51.8 Å². The molecule has 2 N–H and O–H groups in total. The molecule has 0 aromatic heterocycles. The summed E-state index contributed by atoms with van der Waals surface area (Å²) in [6.07, 6.45) is 2.34. The lowest BCUT2D eigenvalue weighted by Gasteiger charge is -2.33. The molecule has 0 aliphatic carbocycles. The molecule has 5 heteroatoms. The number of likely N-dealkylation sites (N-methyl/N-ethyl adjacent to an activating group) is 1. The minimum absolute atomic E-state index is 0.475. The van der Waals surface area contributed by atoms with Gasteiger partial charge in [-0.1, -0.05) is 44.2 Å². The van der Waals surface area contributed by atoms with Gasteiger partial charge in [0.1, 0.15) is 0 Å². The standard InChI is InChI=1S/C22H39N5/c1-5-23-22(24-17-19(4)27(6-2)7-3)25-21-13-15-26(16-14-21)18-20-11-9-8-10-12-20/h8-12,19,21H,5-7,13-18H2,1-4H3,(H2,23,24,25). The number of nitrogens with one attached hydrogen (secondary N) is 2. The Bertz CT molecular complexity index is 533. The first-order valence-electron chi connectivity index (χ1n) is 10.7. The maximum absolute atomic E-state index is 4.85. The Balaban J connectivity index is 1.80. The van der Waals surface area contributed by atoms with E-state index in [2.05, 4.69) is 78.5 Å². The van der Waals surface area contributed by atoms with Crippen LogP contribution in [0.25, 0.3) is 0 Å². The van der Waals surface area contributed by atoms with Crippen molar-refractivity contribution < 1.29 is 0 Å². The molecule has 1 fully saturated rings. The SMILES string of the molecule is CCNC(=NCC(C)N(CC)CC)NC1CCN(Cc2ccccc2)CC1. The summed E-state index contributed by atoms with van der Waals surface area (Å²) in [4.78, 5) is 9.86. The zero-order chi connectivity index (χ0) is 19.5. The van der Waals surface area contributed by atoms with Gasteiger partial charge in [-0.25, -0.2) is 0 Å². The van der Waals surface area contributed by atoms with Gasteiger partial charge in [-0.05, 0) is 45.3 Å². The molecule has 1 aromatic rings. The van der Waals surface area contributed by atoms with Gasteiger partial charge in [-0.15, -0.1) is 0 Å². The molecule has 1 unspecified atom stereocenters. The minimum Gasteiger partial charge on any atom is -0.357 e. The topological polar surface area (TPSA) is 42.9 Å². The third-order valence-corrected chi connectivity index (χ3v) is 5.47. The molecule has 27 heavy (non-hydrogen) atoms. The van der Waals surface area contributed by atoms with Crippen molar-refractivity contribution in [2.24, 2.45) is 4.99 Å². The minimum atomic E-state index is 0.475. The molecule has 1 aliphatic rings. The van der Waals surface area contributed by atoms with Crippen molar-refractivity contribution in [2.45, 2.75) is 59.2 Å². The van der Waals surface area contributed by atoms with Gasteiger partial charge in [0.05, 0.1) is 6.54 Å². The number of piperidine rings is 1. The molecule has 1 atom stereocenters. The fourth-order valence-electron chi connectivity index (χ4n) is 3.78. The van der Waals surface area contributed by atoms with E-state index in [1.54, 1.807) is 0 Å². The molecule has 0 saturated carbocycles. The number of guanidine groups is 1. The van der Waals surface area contributed by atoms with Crippen molar-refractivity contribution in [1.82, 2.24) is 20.4 Å². The average molecular weight is 374 g/mol. The van der Waals surface area contributed by atoms with Gasteiger partial charge in [-0.3, -0.25) is 14.8 Å². The molecular weight excluding hydrogens is 334 g/mol. The molecule has 0 bridgehead atoms. The van der Waals surface area contributed by atoms with E-state index in [4.69, 9.17) is 4.99 Å². The molecule has 1 aliphatic heterocycles. The van der Waals surface area contributed by atoms with Crippen molar-refractivity contribution in [2.75, 3.05) is 39.3 Å². The molecule has 1 heterocycles. The first kappa shape index (κ1) is 21.7. The van der Waals surface area contributed by atoms with E-state index in [-0.39, 0.29) is 0 Å². The maximum Gasteiger partial charge on any atom is 0.191 e. The summed E-state index contributed by atoms with van der Waals surface area (Å²) in [6.45, 7) is 16.1. The highest BCUT2D eigenvalue weighted by molar-refractivity contribution is 5.80. The van der Waals surface area contributed by atoms with Crippen LogP contribution in [0.5, 0.6) is 0 Å². The van der Waals surface area contributed by atoms with E-state index in [1.807, 2.05) is 0 Å². The molecule has 1 saturated heterocycles. The highest BCUT2D eigenvalue weighted by Crippen LogP contribution is 2.13. The summed E-state index contributed by atoms with van der Waals surface area (Å²) in [5.41, 5.74) is 1.41. The largest absolute Gasteiger partial charge is 0.357 e. The lowest BCUT2D eigenvalue weighted by Crippen LogP contribution is -2.49. The summed E-state index contributed by atoms with van der Waals surface area (Å²) in [6, 6.07) is 11.8. The van der Waals surface area contributed by atoms with Gasteiger partial charge < -0.3 is 10.6 Å². The van der Waals surface area contributed by atoms with Crippen molar-refractivity contribution in [3.05, 3.63) is 35.9 Å². The summed E-state index contributed by atoms with van der Waals surface area (Å²) >= 11 is 0. The predicted molar refractivity (Wildman–Crippen MR) is 116 cm³/mol. The van der Waals surface area contributed by atoms with Crippen LogP contribution in [0.2, 0.25) is 0 Å². The van der Waals surface area contributed by atoms with Crippen molar-refractivity contribution in [3.8, 4) is 0 Å².